The van der Waals surface area contributed by atoms with Crippen LogP contribution in [-0.2, 0) is 4.79 Å². The van der Waals surface area contributed by atoms with Crippen molar-refractivity contribution >= 4 is 28.1 Å². The van der Waals surface area contributed by atoms with Crippen LogP contribution in [0.1, 0.15) is 31.2 Å². The number of hydrogen-bond acceptors (Lipinski definition) is 3. The van der Waals surface area contributed by atoms with E-state index in [0.717, 1.165) is 23.1 Å². The van der Waals surface area contributed by atoms with Gasteiger partial charge in [-0.05, 0) is 32.0 Å². The topological polar surface area (TPSA) is 44.7 Å². The third kappa shape index (κ3) is 5.06. The van der Waals surface area contributed by atoms with Gasteiger partial charge in [-0.15, -0.1) is 0 Å². The van der Waals surface area contributed by atoms with Crippen LogP contribution in [0.25, 0.3) is 0 Å². The summed E-state index contributed by atoms with van der Waals surface area (Å²) in [6.07, 6.45) is 6.59. The zero-order chi connectivity index (χ0) is 14.2. The van der Waals surface area contributed by atoms with E-state index in [0.29, 0.717) is 6.54 Å². The Bertz CT molecular complexity index is 468. The first kappa shape index (κ1) is 15.2. The summed E-state index contributed by atoms with van der Waals surface area (Å²) in [4.78, 5) is 14.0. The highest BCUT2D eigenvalue weighted by atomic mass is 79.9. The Morgan fingerprint density at radius 2 is 1.95 bits per heavy atom. The van der Waals surface area contributed by atoms with E-state index in [2.05, 4.69) is 31.4 Å². The van der Waals surface area contributed by atoms with Gasteiger partial charge in [-0.1, -0.05) is 47.0 Å². The van der Waals surface area contributed by atoms with Crippen LogP contribution in [-0.4, -0.2) is 36.7 Å². The largest absolute Gasteiger partial charge is 0.294 e. The molecular weight excluding hydrogens is 318 g/mol. The van der Waals surface area contributed by atoms with Crippen molar-refractivity contribution in [3.8, 4) is 0 Å². The average Bonchev–Trinajstić information content (AvgIpc) is 2.69. The first-order valence-electron chi connectivity index (χ1n) is 7.04. The summed E-state index contributed by atoms with van der Waals surface area (Å²) in [6.45, 7) is 2.47. The fourth-order valence-electron chi connectivity index (χ4n) is 2.29. The Balaban J connectivity index is 1.78. The van der Waals surface area contributed by atoms with Crippen LogP contribution in [0.2, 0.25) is 0 Å². The minimum Gasteiger partial charge on any atom is -0.294 e. The SMILES string of the molecule is O=C(CN1CCCCCC1)N/N=C/c1ccccc1Br. The van der Waals surface area contributed by atoms with Crippen molar-refractivity contribution in [2.24, 2.45) is 5.10 Å². The van der Waals surface area contributed by atoms with Crippen LogP contribution in [0.3, 0.4) is 0 Å². The molecule has 0 aliphatic carbocycles. The first-order valence-corrected chi connectivity index (χ1v) is 7.84. The summed E-state index contributed by atoms with van der Waals surface area (Å²) in [7, 11) is 0. The van der Waals surface area contributed by atoms with Gasteiger partial charge in [0.15, 0.2) is 0 Å². The van der Waals surface area contributed by atoms with E-state index in [9.17, 15) is 4.79 Å². The summed E-state index contributed by atoms with van der Waals surface area (Å²) in [5.74, 6) is -0.0461. The molecule has 1 saturated heterocycles. The van der Waals surface area contributed by atoms with Gasteiger partial charge in [0.05, 0.1) is 12.8 Å². The fourth-order valence-corrected chi connectivity index (χ4v) is 2.67. The lowest BCUT2D eigenvalue weighted by molar-refractivity contribution is -0.122. The van der Waals surface area contributed by atoms with E-state index in [4.69, 9.17) is 0 Å². The molecule has 20 heavy (non-hydrogen) atoms. The lowest BCUT2D eigenvalue weighted by atomic mass is 10.2. The Morgan fingerprint density at radius 3 is 2.65 bits per heavy atom. The van der Waals surface area contributed by atoms with Crippen molar-refractivity contribution < 1.29 is 4.79 Å². The molecule has 0 atom stereocenters. The molecule has 5 heteroatoms. The highest BCUT2D eigenvalue weighted by Crippen LogP contribution is 2.13. The molecule has 1 aliphatic rings. The highest BCUT2D eigenvalue weighted by molar-refractivity contribution is 9.10. The number of halogens is 1. The van der Waals surface area contributed by atoms with Gasteiger partial charge < -0.3 is 0 Å². The average molecular weight is 338 g/mol. The Labute approximate surface area is 128 Å². The van der Waals surface area contributed by atoms with Gasteiger partial charge in [0.2, 0.25) is 0 Å². The zero-order valence-corrected chi connectivity index (χ0v) is 13.1. The maximum Gasteiger partial charge on any atom is 0.254 e. The molecule has 0 aromatic heterocycles. The van der Waals surface area contributed by atoms with Crippen LogP contribution < -0.4 is 5.43 Å². The molecule has 1 aliphatic heterocycles. The number of benzene rings is 1. The zero-order valence-electron chi connectivity index (χ0n) is 11.5. The highest BCUT2D eigenvalue weighted by Gasteiger charge is 2.12. The molecule has 1 aromatic rings. The molecule has 0 bridgehead atoms. The van der Waals surface area contributed by atoms with Gasteiger partial charge >= 0.3 is 0 Å². The van der Waals surface area contributed by atoms with E-state index >= 15 is 0 Å². The third-order valence-electron chi connectivity index (χ3n) is 3.36. The number of amides is 1. The number of hydrazone groups is 1. The van der Waals surface area contributed by atoms with Gasteiger partial charge in [0, 0.05) is 10.0 Å². The molecule has 2 rings (SSSR count). The van der Waals surface area contributed by atoms with Crippen LogP contribution in [0.4, 0.5) is 0 Å². The van der Waals surface area contributed by atoms with Gasteiger partial charge in [-0.2, -0.15) is 5.10 Å². The predicted molar refractivity (Wildman–Crippen MR) is 84.8 cm³/mol. The molecular formula is C15H20BrN3O. The van der Waals surface area contributed by atoms with Gasteiger partial charge in [-0.3, -0.25) is 9.69 Å². The lowest BCUT2D eigenvalue weighted by Gasteiger charge is -2.17. The molecule has 0 spiro atoms. The molecule has 4 nitrogen and oxygen atoms in total. The molecule has 0 saturated carbocycles. The predicted octanol–water partition coefficient (Wildman–Crippen LogP) is 2.78. The molecule has 1 amide bonds. The van der Waals surface area contributed by atoms with Crippen LogP contribution in [0.15, 0.2) is 33.8 Å². The van der Waals surface area contributed by atoms with Crippen LogP contribution >= 0.6 is 15.9 Å². The molecule has 1 aromatic carbocycles. The molecule has 0 radical (unpaired) electrons. The van der Waals surface area contributed by atoms with E-state index in [1.54, 1.807) is 6.21 Å². The van der Waals surface area contributed by atoms with Crippen molar-refractivity contribution in [1.29, 1.82) is 0 Å². The van der Waals surface area contributed by atoms with E-state index < -0.39 is 0 Å². The Hall–Kier alpha value is -1.20. The van der Waals surface area contributed by atoms with Crippen LogP contribution in [0.5, 0.6) is 0 Å². The monoisotopic (exact) mass is 337 g/mol. The number of nitrogens with zero attached hydrogens (tertiary/aromatic N) is 2. The van der Waals surface area contributed by atoms with E-state index in [1.807, 2.05) is 24.3 Å². The number of rotatable bonds is 4. The number of nitrogens with one attached hydrogen (secondary N) is 1. The van der Waals surface area contributed by atoms with Crippen molar-refractivity contribution in [2.75, 3.05) is 19.6 Å². The third-order valence-corrected chi connectivity index (χ3v) is 4.09. The van der Waals surface area contributed by atoms with Crippen molar-refractivity contribution in [1.82, 2.24) is 10.3 Å². The van der Waals surface area contributed by atoms with Crippen molar-refractivity contribution in [3.05, 3.63) is 34.3 Å². The maximum atomic E-state index is 11.8. The Kier molecular flexibility index (Phi) is 6.21. The van der Waals surface area contributed by atoms with Crippen LogP contribution in [0, 0.1) is 0 Å². The minimum absolute atomic E-state index is 0.0461. The van der Waals surface area contributed by atoms with Crippen molar-refractivity contribution in [3.63, 3.8) is 0 Å². The minimum atomic E-state index is -0.0461. The lowest BCUT2D eigenvalue weighted by Crippen LogP contribution is -2.35. The van der Waals surface area contributed by atoms with Gasteiger partial charge in [0.1, 0.15) is 0 Å². The number of carbonyl (C=O) groups is 1. The molecule has 108 valence electrons. The molecule has 1 fully saturated rings. The molecule has 1 heterocycles. The second kappa shape index (κ2) is 8.17. The summed E-state index contributed by atoms with van der Waals surface area (Å²) in [5.41, 5.74) is 3.54. The van der Waals surface area contributed by atoms with Gasteiger partial charge in [-0.25, -0.2) is 5.43 Å². The number of likely N-dealkylation sites (tertiary alicyclic amines) is 1. The summed E-state index contributed by atoms with van der Waals surface area (Å²) >= 11 is 3.44. The summed E-state index contributed by atoms with van der Waals surface area (Å²) < 4.78 is 0.963. The van der Waals surface area contributed by atoms with Crippen molar-refractivity contribution in [2.45, 2.75) is 25.7 Å². The summed E-state index contributed by atoms with van der Waals surface area (Å²) in [5, 5.41) is 4.01. The number of carbonyl (C=O) groups excluding carboxylic acids is 1. The fraction of sp³-hybridized carbons (Fsp3) is 0.467. The van der Waals surface area contributed by atoms with E-state index in [1.165, 1.54) is 25.7 Å². The quantitative estimate of drug-likeness (QED) is 0.678. The Morgan fingerprint density at radius 1 is 1.25 bits per heavy atom. The second-order valence-electron chi connectivity index (χ2n) is 5.01. The molecule has 1 N–H and O–H groups in total. The number of hydrogen-bond donors (Lipinski definition) is 1. The van der Waals surface area contributed by atoms with E-state index in [-0.39, 0.29) is 5.91 Å². The smallest absolute Gasteiger partial charge is 0.254 e. The first-order chi connectivity index (χ1) is 9.75. The van der Waals surface area contributed by atoms with Gasteiger partial charge in [0.25, 0.3) is 5.91 Å². The molecule has 0 unspecified atom stereocenters. The normalized spacial score (nSPS) is 17.1. The standard InChI is InChI=1S/C15H20BrN3O/c16-14-8-4-3-7-13(14)11-17-18-15(20)12-19-9-5-1-2-6-10-19/h3-4,7-8,11H,1-2,5-6,9-10,12H2,(H,18,20)/b17-11+. The summed E-state index contributed by atoms with van der Waals surface area (Å²) in [6, 6.07) is 7.76. The maximum absolute atomic E-state index is 11.8. The second-order valence-corrected chi connectivity index (χ2v) is 5.86.